The molecule has 1 aliphatic rings. The maximum atomic E-state index is 4.31. The topological polar surface area (TPSA) is 28.7 Å². The van der Waals surface area contributed by atoms with Crippen molar-refractivity contribution in [1.82, 2.24) is 9.97 Å². The van der Waals surface area contributed by atoms with Crippen LogP contribution >= 0.6 is 0 Å². The quantitative estimate of drug-likeness (QED) is 0.746. The maximum absolute atomic E-state index is 4.31. The smallest absolute Gasteiger partial charge is 0.113 e. The molecule has 0 fully saturated rings. The van der Waals surface area contributed by atoms with Gasteiger partial charge in [-0.2, -0.15) is 0 Å². The SMILES string of the molecule is C1=CC(c2ncc[nH]2)Cc2ccccc21. The largest absolute Gasteiger partial charge is 0.348 e. The summed E-state index contributed by atoms with van der Waals surface area (Å²) >= 11 is 0. The maximum Gasteiger partial charge on any atom is 0.113 e. The summed E-state index contributed by atoms with van der Waals surface area (Å²) in [5.74, 6) is 1.45. The second kappa shape index (κ2) is 3.39. The first-order valence-corrected chi connectivity index (χ1v) is 5.19. The lowest BCUT2D eigenvalue weighted by atomic mass is 9.89. The highest BCUT2D eigenvalue weighted by atomic mass is 14.9. The third kappa shape index (κ3) is 1.48. The molecule has 1 atom stereocenters. The Morgan fingerprint density at radius 1 is 1.27 bits per heavy atom. The highest BCUT2D eigenvalue weighted by Gasteiger charge is 2.16. The Bertz CT molecular complexity index is 483. The van der Waals surface area contributed by atoms with Crippen molar-refractivity contribution in [2.24, 2.45) is 0 Å². The minimum absolute atomic E-state index is 0.398. The van der Waals surface area contributed by atoms with Crippen molar-refractivity contribution >= 4 is 6.08 Å². The molecule has 2 aromatic rings. The van der Waals surface area contributed by atoms with Crippen molar-refractivity contribution in [3.8, 4) is 0 Å². The van der Waals surface area contributed by atoms with Gasteiger partial charge in [0.1, 0.15) is 5.82 Å². The molecule has 2 nitrogen and oxygen atoms in total. The normalized spacial score (nSPS) is 18.8. The van der Waals surface area contributed by atoms with Crippen molar-refractivity contribution in [3.05, 3.63) is 59.7 Å². The first kappa shape index (κ1) is 8.48. The first-order chi connectivity index (χ1) is 7.43. The van der Waals surface area contributed by atoms with Crippen LogP contribution in [0, 0.1) is 0 Å². The summed E-state index contributed by atoms with van der Waals surface area (Å²) in [7, 11) is 0. The predicted octanol–water partition coefficient (Wildman–Crippen LogP) is 2.76. The van der Waals surface area contributed by atoms with Gasteiger partial charge in [0.2, 0.25) is 0 Å². The number of benzene rings is 1. The molecule has 0 spiro atoms. The van der Waals surface area contributed by atoms with Crippen molar-refractivity contribution in [3.63, 3.8) is 0 Å². The van der Waals surface area contributed by atoms with E-state index < -0.39 is 0 Å². The van der Waals surface area contributed by atoms with Gasteiger partial charge in [0, 0.05) is 18.3 Å². The molecule has 0 aliphatic heterocycles. The van der Waals surface area contributed by atoms with Crippen molar-refractivity contribution in [2.45, 2.75) is 12.3 Å². The number of aromatic nitrogens is 2. The lowest BCUT2D eigenvalue weighted by molar-refractivity contribution is 0.771. The molecule has 0 amide bonds. The van der Waals surface area contributed by atoms with Crippen LogP contribution in [0.1, 0.15) is 22.9 Å². The molecule has 0 saturated heterocycles. The van der Waals surface area contributed by atoms with Gasteiger partial charge in [-0.1, -0.05) is 36.4 Å². The molecule has 1 unspecified atom stereocenters. The van der Waals surface area contributed by atoms with Crippen LogP contribution in [-0.4, -0.2) is 9.97 Å². The summed E-state index contributed by atoms with van der Waals surface area (Å²) in [4.78, 5) is 7.48. The zero-order chi connectivity index (χ0) is 10.1. The molecule has 3 rings (SSSR count). The standard InChI is InChI=1S/C13H12N2/c1-2-4-11-9-12(6-5-10(11)3-1)13-14-7-8-15-13/h1-8,12H,9H2,(H,14,15). The van der Waals surface area contributed by atoms with Crippen LogP contribution in [0.15, 0.2) is 42.7 Å². The molecule has 74 valence electrons. The average Bonchev–Trinajstić information content (AvgIpc) is 2.82. The van der Waals surface area contributed by atoms with Gasteiger partial charge in [-0.15, -0.1) is 0 Å². The number of allylic oxidation sites excluding steroid dienone is 1. The van der Waals surface area contributed by atoms with Crippen LogP contribution in [0.4, 0.5) is 0 Å². The average molecular weight is 196 g/mol. The number of aromatic amines is 1. The second-order valence-electron chi connectivity index (χ2n) is 3.84. The van der Waals surface area contributed by atoms with Gasteiger partial charge in [-0.3, -0.25) is 0 Å². The van der Waals surface area contributed by atoms with Gasteiger partial charge in [0.15, 0.2) is 0 Å². The van der Waals surface area contributed by atoms with Crippen LogP contribution in [0.25, 0.3) is 6.08 Å². The summed E-state index contributed by atoms with van der Waals surface area (Å²) < 4.78 is 0. The van der Waals surface area contributed by atoms with Crippen LogP contribution in [0.2, 0.25) is 0 Å². The molecular formula is C13H12N2. The second-order valence-corrected chi connectivity index (χ2v) is 3.84. The summed E-state index contributed by atoms with van der Waals surface area (Å²) in [5, 5.41) is 0. The third-order valence-electron chi connectivity index (χ3n) is 2.87. The van der Waals surface area contributed by atoms with E-state index in [0.29, 0.717) is 5.92 Å². The fraction of sp³-hybridized carbons (Fsp3) is 0.154. The Morgan fingerprint density at radius 3 is 3.07 bits per heavy atom. The third-order valence-corrected chi connectivity index (χ3v) is 2.87. The van der Waals surface area contributed by atoms with Crippen LogP contribution in [-0.2, 0) is 6.42 Å². The van der Waals surface area contributed by atoms with Crippen molar-refractivity contribution in [1.29, 1.82) is 0 Å². The fourth-order valence-electron chi connectivity index (χ4n) is 2.08. The molecule has 1 N–H and O–H groups in total. The summed E-state index contributed by atoms with van der Waals surface area (Å²) in [6, 6.07) is 8.52. The molecule has 1 aliphatic carbocycles. The van der Waals surface area contributed by atoms with E-state index in [0.717, 1.165) is 12.2 Å². The molecule has 15 heavy (non-hydrogen) atoms. The molecule has 0 saturated carbocycles. The van der Waals surface area contributed by atoms with Gasteiger partial charge in [0.25, 0.3) is 0 Å². The number of nitrogens with zero attached hydrogens (tertiary/aromatic N) is 1. The van der Waals surface area contributed by atoms with E-state index in [9.17, 15) is 0 Å². The minimum Gasteiger partial charge on any atom is -0.348 e. The number of nitrogens with one attached hydrogen (secondary N) is 1. The zero-order valence-electron chi connectivity index (χ0n) is 8.35. The van der Waals surface area contributed by atoms with Crippen LogP contribution < -0.4 is 0 Å². The number of imidazole rings is 1. The Kier molecular flexibility index (Phi) is 1.91. The van der Waals surface area contributed by atoms with Gasteiger partial charge in [0.05, 0.1) is 0 Å². The van der Waals surface area contributed by atoms with E-state index in [4.69, 9.17) is 0 Å². The predicted molar refractivity (Wildman–Crippen MR) is 60.5 cm³/mol. The zero-order valence-corrected chi connectivity index (χ0v) is 8.35. The van der Waals surface area contributed by atoms with Crippen molar-refractivity contribution in [2.75, 3.05) is 0 Å². The molecule has 1 aromatic heterocycles. The number of H-pyrrole nitrogens is 1. The van der Waals surface area contributed by atoms with Crippen molar-refractivity contribution < 1.29 is 0 Å². The number of fused-ring (bicyclic) bond motifs is 1. The van der Waals surface area contributed by atoms with E-state index in [1.54, 1.807) is 0 Å². The van der Waals surface area contributed by atoms with E-state index in [1.165, 1.54) is 11.1 Å². The Hall–Kier alpha value is -1.83. The van der Waals surface area contributed by atoms with Crippen LogP contribution in [0.5, 0.6) is 0 Å². The van der Waals surface area contributed by atoms with Gasteiger partial charge < -0.3 is 4.98 Å². The number of rotatable bonds is 1. The molecule has 1 aromatic carbocycles. The summed E-state index contributed by atoms with van der Waals surface area (Å²) in [6.07, 6.45) is 9.14. The van der Waals surface area contributed by atoms with Gasteiger partial charge in [-0.25, -0.2) is 4.98 Å². The molecule has 0 radical (unpaired) electrons. The highest BCUT2D eigenvalue weighted by molar-refractivity contribution is 5.58. The molecule has 0 bridgehead atoms. The Labute approximate surface area is 88.7 Å². The number of hydrogen-bond acceptors (Lipinski definition) is 1. The van der Waals surface area contributed by atoms with Crippen LogP contribution in [0.3, 0.4) is 0 Å². The Morgan fingerprint density at radius 2 is 2.20 bits per heavy atom. The number of hydrogen-bond donors (Lipinski definition) is 1. The monoisotopic (exact) mass is 196 g/mol. The van der Waals surface area contributed by atoms with E-state index in [-0.39, 0.29) is 0 Å². The summed E-state index contributed by atoms with van der Waals surface area (Å²) in [5.41, 5.74) is 2.74. The van der Waals surface area contributed by atoms with E-state index >= 15 is 0 Å². The van der Waals surface area contributed by atoms with Gasteiger partial charge in [-0.05, 0) is 17.5 Å². The fourth-order valence-corrected chi connectivity index (χ4v) is 2.08. The first-order valence-electron chi connectivity index (χ1n) is 5.19. The lowest BCUT2D eigenvalue weighted by Crippen LogP contribution is -2.06. The minimum atomic E-state index is 0.398. The summed E-state index contributed by atoms with van der Waals surface area (Å²) in [6.45, 7) is 0. The van der Waals surface area contributed by atoms with E-state index in [2.05, 4.69) is 46.4 Å². The lowest BCUT2D eigenvalue weighted by Gasteiger charge is -2.17. The van der Waals surface area contributed by atoms with E-state index in [1.807, 2.05) is 12.4 Å². The molecular weight excluding hydrogens is 184 g/mol. The molecule has 2 heteroatoms. The Balaban J connectivity index is 1.96. The highest BCUT2D eigenvalue weighted by Crippen LogP contribution is 2.27. The van der Waals surface area contributed by atoms with Gasteiger partial charge >= 0.3 is 0 Å². The molecule has 1 heterocycles.